The van der Waals surface area contributed by atoms with Crippen molar-refractivity contribution in [1.82, 2.24) is 4.90 Å². The van der Waals surface area contributed by atoms with E-state index in [9.17, 15) is 5.11 Å². The van der Waals surface area contributed by atoms with Gasteiger partial charge in [0.2, 0.25) is 0 Å². The van der Waals surface area contributed by atoms with Crippen molar-refractivity contribution in [3.63, 3.8) is 0 Å². The normalized spacial score (nSPS) is 12.0. The quantitative estimate of drug-likeness (QED) is 0.390. The largest absolute Gasteiger partial charge is 0.508 e. The zero-order valence-electron chi connectivity index (χ0n) is 17.2. The predicted octanol–water partition coefficient (Wildman–Crippen LogP) is 6.17. The zero-order valence-corrected chi connectivity index (χ0v) is 17.2. The first-order valence-electron chi connectivity index (χ1n) is 9.76. The molecule has 148 valence electrons. The van der Waals surface area contributed by atoms with E-state index in [1.807, 2.05) is 61.6 Å². The second-order valence-electron chi connectivity index (χ2n) is 7.01. The van der Waals surface area contributed by atoms with Gasteiger partial charge in [0.15, 0.2) is 0 Å². The first kappa shape index (κ1) is 20.3. The SMILES string of the molecule is CC/C(=C(/c1ccc(OC=CN(C)C)cc1)c1cccc(O)c1)c1ccccc1. The van der Waals surface area contributed by atoms with Crippen LogP contribution >= 0.6 is 0 Å². The maximum atomic E-state index is 10.1. The Labute approximate surface area is 173 Å². The fourth-order valence-electron chi connectivity index (χ4n) is 3.27. The third-order valence-corrected chi connectivity index (χ3v) is 4.62. The van der Waals surface area contributed by atoms with Gasteiger partial charge in [-0.25, -0.2) is 0 Å². The van der Waals surface area contributed by atoms with Gasteiger partial charge >= 0.3 is 0 Å². The maximum Gasteiger partial charge on any atom is 0.126 e. The van der Waals surface area contributed by atoms with Crippen LogP contribution in [0, 0.1) is 0 Å². The fraction of sp³-hybridized carbons (Fsp3) is 0.154. The molecule has 0 bridgehead atoms. The second-order valence-corrected chi connectivity index (χ2v) is 7.01. The molecule has 0 amide bonds. The first-order valence-corrected chi connectivity index (χ1v) is 9.76. The van der Waals surface area contributed by atoms with Crippen molar-refractivity contribution < 1.29 is 9.84 Å². The summed E-state index contributed by atoms with van der Waals surface area (Å²) in [5.74, 6) is 1.04. The molecular weight excluding hydrogens is 358 g/mol. The number of rotatable bonds is 7. The van der Waals surface area contributed by atoms with Crippen molar-refractivity contribution in [1.29, 1.82) is 0 Å². The standard InChI is InChI=1S/C26H27NO2/c1-4-25(20-9-6-5-7-10-20)26(22-11-8-12-23(28)19-22)21-13-15-24(16-14-21)29-18-17-27(2)3/h5-19,28H,4H2,1-3H3/b18-17?,26-25+. The summed E-state index contributed by atoms with van der Waals surface area (Å²) in [4.78, 5) is 1.92. The monoisotopic (exact) mass is 385 g/mol. The molecule has 3 aromatic carbocycles. The molecule has 3 aromatic rings. The van der Waals surface area contributed by atoms with Gasteiger partial charge in [-0.1, -0.05) is 61.5 Å². The van der Waals surface area contributed by atoms with Gasteiger partial charge in [0, 0.05) is 20.3 Å². The summed E-state index contributed by atoms with van der Waals surface area (Å²) < 4.78 is 5.67. The van der Waals surface area contributed by atoms with E-state index in [2.05, 4.69) is 43.3 Å². The van der Waals surface area contributed by atoms with Crippen molar-refractivity contribution in [2.75, 3.05) is 14.1 Å². The molecule has 0 spiro atoms. The van der Waals surface area contributed by atoms with Crippen molar-refractivity contribution in [3.8, 4) is 11.5 Å². The summed E-state index contributed by atoms with van der Waals surface area (Å²) in [6.45, 7) is 2.16. The van der Waals surface area contributed by atoms with Gasteiger partial charge in [-0.2, -0.15) is 0 Å². The van der Waals surface area contributed by atoms with E-state index in [0.717, 1.165) is 28.9 Å². The number of nitrogens with zero attached hydrogens (tertiary/aromatic N) is 1. The van der Waals surface area contributed by atoms with Crippen LogP contribution in [-0.4, -0.2) is 24.1 Å². The van der Waals surface area contributed by atoms with E-state index in [-0.39, 0.29) is 5.75 Å². The smallest absolute Gasteiger partial charge is 0.126 e. The van der Waals surface area contributed by atoms with E-state index >= 15 is 0 Å². The van der Waals surface area contributed by atoms with Crippen molar-refractivity contribution >= 4 is 11.1 Å². The summed E-state index contributed by atoms with van der Waals surface area (Å²) in [5.41, 5.74) is 5.61. The van der Waals surface area contributed by atoms with Gasteiger partial charge in [-0.05, 0) is 58.5 Å². The van der Waals surface area contributed by atoms with Crippen LogP contribution < -0.4 is 4.74 Å². The number of ether oxygens (including phenoxy) is 1. The van der Waals surface area contributed by atoms with Crippen molar-refractivity contribution in [2.45, 2.75) is 13.3 Å². The molecule has 3 rings (SSSR count). The summed E-state index contributed by atoms with van der Waals surface area (Å²) in [6.07, 6.45) is 4.40. The van der Waals surface area contributed by atoms with Gasteiger partial charge in [0.05, 0.1) is 0 Å². The topological polar surface area (TPSA) is 32.7 Å². The van der Waals surface area contributed by atoms with E-state index < -0.39 is 0 Å². The third-order valence-electron chi connectivity index (χ3n) is 4.62. The zero-order chi connectivity index (χ0) is 20.6. The molecule has 0 aliphatic carbocycles. The Bertz CT molecular complexity index is 987. The number of allylic oxidation sites excluding steroid dienone is 1. The summed E-state index contributed by atoms with van der Waals surface area (Å²) in [5, 5.41) is 10.1. The van der Waals surface area contributed by atoms with Crippen LogP contribution in [-0.2, 0) is 0 Å². The minimum absolute atomic E-state index is 0.261. The average Bonchev–Trinajstić information content (AvgIpc) is 2.73. The lowest BCUT2D eigenvalue weighted by molar-refractivity contribution is 0.454. The molecular formula is C26H27NO2. The van der Waals surface area contributed by atoms with Crippen LogP contribution in [0.3, 0.4) is 0 Å². The van der Waals surface area contributed by atoms with E-state index in [1.54, 1.807) is 12.3 Å². The van der Waals surface area contributed by atoms with Crippen LogP contribution in [0.15, 0.2) is 91.3 Å². The van der Waals surface area contributed by atoms with Gasteiger partial charge in [-0.15, -0.1) is 0 Å². The molecule has 3 nitrogen and oxygen atoms in total. The van der Waals surface area contributed by atoms with Crippen LogP contribution in [0.5, 0.6) is 11.5 Å². The number of benzene rings is 3. The first-order chi connectivity index (χ1) is 14.1. The molecule has 0 radical (unpaired) electrons. The number of aromatic hydroxyl groups is 1. The average molecular weight is 386 g/mol. The van der Waals surface area contributed by atoms with Gasteiger partial charge < -0.3 is 14.7 Å². The highest BCUT2D eigenvalue weighted by molar-refractivity contribution is 5.98. The van der Waals surface area contributed by atoms with Crippen LogP contribution in [0.1, 0.15) is 30.0 Å². The Morgan fingerprint density at radius 2 is 1.55 bits per heavy atom. The number of phenolic OH excluding ortho intramolecular Hbond substituents is 1. The lowest BCUT2D eigenvalue weighted by Gasteiger charge is -2.17. The summed E-state index contributed by atoms with van der Waals surface area (Å²) in [6, 6.07) is 25.9. The van der Waals surface area contributed by atoms with Gasteiger partial charge in [0.25, 0.3) is 0 Å². The Kier molecular flexibility index (Phi) is 6.75. The Hall–Kier alpha value is -3.46. The fourth-order valence-corrected chi connectivity index (χ4v) is 3.27. The van der Waals surface area contributed by atoms with Crippen LogP contribution in [0.4, 0.5) is 0 Å². The van der Waals surface area contributed by atoms with Crippen LogP contribution in [0.25, 0.3) is 11.1 Å². The molecule has 0 aliphatic heterocycles. The molecule has 0 saturated heterocycles. The third kappa shape index (κ3) is 5.29. The molecule has 0 heterocycles. The minimum atomic E-state index is 0.261. The molecule has 0 aliphatic rings. The molecule has 0 atom stereocenters. The highest BCUT2D eigenvalue weighted by atomic mass is 16.5. The summed E-state index contributed by atoms with van der Waals surface area (Å²) in [7, 11) is 3.90. The van der Waals surface area contributed by atoms with Crippen LogP contribution in [0.2, 0.25) is 0 Å². The van der Waals surface area contributed by atoms with Crippen molar-refractivity contribution in [3.05, 3.63) is 108 Å². The number of phenols is 1. The number of hydrogen-bond donors (Lipinski definition) is 1. The van der Waals surface area contributed by atoms with Gasteiger partial charge in [0.1, 0.15) is 17.8 Å². The lowest BCUT2D eigenvalue weighted by Crippen LogP contribution is -2.01. The predicted molar refractivity (Wildman–Crippen MR) is 121 cm³/mol. The highest BCUT2D eigenvalue weighted by Crippen LogP contribution is 2.36. The molecule has 1 N–H and O–H groups in total. The Morgan fingerprint density at radius 3 is 2.17 bits per heavy atom. The van der Waals surface area contributed by atoms with E-state index in [1.165, 1.54) is 11.1 Å². The second kappa shape index (κ2) is 9.65. The molecule has 0 saturated carbocycles. The van der Waals surface area contributed by atoms with E-state index in [0.29, 0.717) is 0 Å². The molecule has 3 heteroatoms. The molecule has 29 heavy (non-hydrogen) atoms. The Morgan fingerprint density at radius 1 is 0.862 bits per heavy atom. The molecule has 0 fully saturated rings. The minimum Gasteiger partial charge on any atom is -0.508 e. The highest BCUT2D eigenvalue weighted by Gasteiger charge is 2.13. The molecule has 0 aromatic heterocycles. The molecule has 0 unspecified atom stereocenters. The Balaban J connectivity index is 2.08. The maximum absolute atomic E-state index is 10.1. The van der Waals surface area contributed by atoms with Crippen molar-refractivity contribution in [2.24, 2.45) is 0 Å². The van der Waals surface area contributed by atoms with E-state index in [4.69, 9.17) is 4.74 Å². The van der Waals surface area contributed by atoms with Gasteiger partial charge in [-0.3, -0.25) is 0 Å². The number of hydrogen-bond acceptors (Lipinski definition) is 3. The summed E-state index contributed by atoms with van der Waals surface area (Å²) >= 11 is 0. The lowest BCUT2D eigenvalue weighted by atomic mass is 9.88.